The van der Waals surface area contributed by atoms with Gasteiger partial charge < -0.3 is 10.5 Å². The maximum atomic E-state index is 6.03. The fraction of sp³-hybridized carbons (Fsp3) is 0.769. The Kier molecular flexibility index (Phi) is 4.45. The van der Waals surface area contributed by atoms with Crippen LogP contribution in [0, 0.1) is 5.41 Å². The number of hydrogen-bond donors (Lipinski definition) is 1. The summed E-state index contributed by atoms with van der Waals surface area (Å²) in [6, 6.07) is 0. The van der Waals surface area contributed by atoms with Gasteiger partial charge in [0.15, 0.2) is 0 Å². The van der Waals surface area contributed by atoms with E-state index in [2.05, 4.69) is 28.0 Å². The van der Waals surface area contributed by atoms with E-state index in [0.29, 0.717) is 0 Å². The maximum absolute atomic E-state index is 6.03. The third-order valence-corrected chi connectivity index (χ3v) is 4.95. The number of hydrogen-bond acceptors (Lipinski definition) is 3. The number of rotatable bonds is 4. The fourth-order valence-corrected chi connectivity index (χ4v) is 3.38. The number of aryl methyl sites for hydroxylation is 2. The van der Waals surface area contributed by atoms with Crippen LogP contribution in [0.3, 0.4) is 0 Å². The summed E-state index contributed by atoms with van der Waals surface area (Å²) in [5, 5.41) is 4.56. The standard InChI is InChI=1S/C13H22BrN3O/c1-3-10-12(14)11(17(2)16-10)8-13(9-15)4-6-18-7-5-13/h3-9,15H2,1-2H3. The molecule has 0 spiro atoms. The maximum Gasteiger partial charge on any atom is 0.0766 e. The summed E-state index contributed by atoms with van der Waals surface area (Å²) < 4.78 is 8.62. The number of halogens is 1. The Balaban J connectivity index is 2.24. The molecule has 4 nitrogen and oxygen atoms in total. The molecule has 0 aromatic carbocycles. The molecule has 2 rings (SSSR count). The minimum Gasteiger partial charge on any atom is -0.381 e. The molecule has 18 heavy (non-hydrogen) atoms. The van der Waals surface area contributed by atoms with Crippen LogP contribution in [0.4, 0.5) is 0 Å². The molecule has 2 N–H and O–H groups in total. The van der Waals surface area contributed by atoms with Crippen LogP contribution in [0.1, 0.15) is 31.2 Å². The molecule has 0 aliphatic carbocycles. The first-order chi connectivity index (χ1) is 8.62. The minimum atomic E-state index is 0.180. The van der Waals surface area contributed by atoms with E-state index in [4.69, 9.17) is 10.5 Å². The van der Waals surface area contributed by atoms with Crippen molar-refractivity contribution in [3.63, 3.8) is 0 Å². The molecule has 0 bridgehead atoms. The third-order valence-electron chi connectivity index (χ3n) is 4.03. The summed E-state index contributed by atoms with van der Waals surface area (Å²) in [6.07, 6.45) is 4.02. The highest BCUT2D eigenvalue weighted by atomic mass is 79.9. The van der Waals surface area contributed by atoms with Crippen LogP contribution in [-0.4, -0.2) is 29.5 Å². The molecular weight excluding hydrogens is 294 g/mol. The number of aromatic nitrogens is 2. The lowest BCUT2D eigenvalue weighted by molar-refractivity contribution is 0.0182. The first-order valence-electron chi connectivity index (χ1n) is 6.60. The molecule has 1 aliphatic rings. The minimum absolute atomic E-state index is 0.180. The number of nitrogens with zero attached hydrogens (tertiary/aromatic N) is 2. The van der Waals surface area contributed by atoms with Crippen molar-refractivity contribution in [2.45, 2.75) is 32.6 Å². The average molecular weight is 316 g/mol. The van der Waals surface area contributed by atoms with Crippen molar-refractivity contribution in [1.82, 2.24) is 9.78 Å². The fourth-order valence-electron chi connectivity index (χ4n) is 2.62. The summed E-state index contributed by atoms with van der Waals surface area (Å²) in [5.41, 5.74) is 8.60. The molecule has 102 valence electrons. The predicted molar refractivity (Wildman–Crippen MR) is 75.5 cm³/mol. The predicted octanol–water partition coefficient (Wildman–Crippen LogP) is 2.04. The summed E-state index contributed by atoms with van der Waals surface area (Å²) in [4.78, 5) is 0. The highest BCUT2D eigenvalue weighted by Gasteiger charge is 2.33. The van der Waals surface area contributed by atoms with Gasteiger partial charge in [0.05, 0.1) is 15.9 Å². The van der Waals surface area contributed by atoms with Crippen molar-refractivity contribution in [2.24, 2.45) is 18.2 Å². The van der Waals surface area contributed by atoms with Gasteiger partial charge in [0.1, 0.15) is 0 Å². The molecule has 0 unspecified atom stereocenters. The first kappa shape index (κ1) is 14.0. The molecule has 1 saturated heterocycles. The average Bonchev–Trinajstić information content (AvgIpc) is 2.67. The van der Waals surface area contributed by atoms with Crippen LogP contribution in [0.2, 0.25) is 0 Å². The van der Waals surface area contributed by atoms with Gasteiger partial charge in [-0.1, -0.05) is 6.92 Å². The van der Waals surface area contributed by atoms with E-state index in [1.54, 1.807) is 0 Å². The summed E-state index contributed by atoms with van der Waals surface area (Å²) >= 11 is 3.69. The van der Waals surface area contributed by atoms with Crippen LogP contribution in [-0.2, 0) is 24.6 Å². The molecule has 1 aromatic rings. The van der Waals surface area contributed by atoms with Crippen molar-refractivity contribution in [3.05, 3.63) is 15.9 Å². The Bertz CT molecular complexity index is 411. The Morgan fingerprint density at radius 1 is 1.44 bits per heavy atom. The third kappa shape index (κ3) is 2.63. The second-order valence-electron chi connectivity index (χ2n) is 5.18. The van der Waals surface area contributed by atoms with E-state index in [1.165, 1.54) is 5.69 Å². The van der Waals surface area contributed by atoms with Crippen LogP contribution in [0.25, 0.3) is 0 Å². The van der Waals surface area contributed by atoms with Crippen molar-refractivity contribution < 1.29 is 4.74 Å². The van der Waals surface area contributed by atoms with Gasteiger partial charge in [-0.15, -0.1) is 0 Å². The van der Waals surface area contributed by atoms with Crippen molar-refractivity contribution in [2.75, 3.05) is 19.8 Å². The highest BCUT2D eigenvalue weighted by Crippen LogP contribution is 2.36. The van der Waals surface area contributed by atoms with Gasteiger partial charge >= 0.3 is 0 Å². The zero-order valence-electron chi connectivity index (χ0n) is 11.2. The lowest BCUT2D eigenvalue weighted by Gasteiger charge is -2.36. The normalized spacial score (nSPS) is 19.1. The molecule has 0 atom stereocenters. The molecule has 0 saturated carbocycles. The van der Waals surface area contributed by atoms with E-state index in [9.17, 15) is 0 Å². The summed E-state index contributed by atoms with van der Waals surface area (Å²) in [5.74, 6) is 0. The number of ether oxygens (including phenoxy) is 1. The van der Waals surface area contributed by atoms with Gasteiger partial charge in [0.2, 0.25) is 0 Å². The topological polar surface area (TPSA) is 53.1 Å². The van der Waals surface area contributed by atoms with Crippen molar-refractivity contribution >= 4 is 15.9 Å². The Morgan fingerprint density at radius 2 is 2.11 bits per heavy atom. The van der Waals surface area contributed by atoms with E-state index < -0.39 is 0 Å². The van der Waals surface area contributed by atoms with Gasteiger partial charge in [0.25, 0.3) is 0 Å². The molecule has 1 fully saturated rings. The van der Waals surface area contributed by atoms with Gasteiger partial charge in [-0.25, -0.2) is 0 Å². The highest BCUT2D eigenvalue weighted by molar-refractivity contribution is 9.10. The van der Waals surface area contributed by atoms with Crippen LogP contribution < -0.4 is 5.73 Å². The summed E-state index contributed by atoms with van der Waals surface area (Å²) in [6.45, 7) is 4.50. The van der Waals surface area contributed by atoms with Gasteiger partial charge in [-0.2, -0.15) is 5.10 Å². The molecule has 2 heterocycles. The second kappa shape index (κ2) is 5.72. The lowest BCUT2D eigenvalue weighted by atomic mass is 9.76. The molecule has 1 aromatic heterocycles. The largest absolute Gasteiger partial charge is 0.381 e. The molecule has 0 radical (unpaired) electrons. The Labute approximate surface area is 117 Å². The molecule has 5 heteroatoms. The van der Waals surface area contributed by atoms with E-state index in [-0.39, 0.29) is 5.41 Å². The smallest absolute Gasteiger partial charge is 0.0766 e. The Hall–Kier alpha value is -0.390. The van der Waals surface area contributed by atoms with Crippen LogP contribution in [0.15, 0.2) is 4.47 Å². The zero-order chi connectivity index (χ0) is 13.2. The van der Waals surface area contributed by atoms with E-state index in [0.717, 1.165) is 55.6 Å². The van der Waals surface area contributed by atoms with Crippen molar-refractivity contribution in [3.8, 4) is 0 Å². The zero-order valence-corrected chi connectivity index (χ0v) is 12.8. The van der Waals surface area contributed by atoms with Gasteiger partial charge in [0, 0.05) is 20.3 Å². The SMILES string of the molecule is CCc1nn(C)c(CC2(CN)CCOCC2)c1Br. The van der Waals surface area contributed by atoms with Gasteiger partial charge in [-0.05, 0) is 53.6 Å². The lowest BCUT2D eigenvalue weighted by Crippen LogP contribution is -2.39. The van der Waals surface area contributed by atoms with Crippen LogP contribution >= 0.6 is 15.9 Å². The van der Waals surface area contributed by atoms with E-state index in [1.807, 2.05) is 11.7 Å². The monoisotopic (exact) mass is 315 g/mol. The van der Waals surface area contributed by atoms with Gasteiger partial charge in [-0.3, -0.25) is 4.68 Å². The number of nitrogens with two attached hydrogens (primary N) is 1. The first-order valence-corrected chi connectivity index (χ1v) is 7.39. The second-order valence-corrected chi connectivity index (χ2v) is 5.97. The van der Waals surface area contributed by atoms with Crippen molar-refractivity contribution in [1.29, 1.82) is 0 Å². The van der Waals surface area contributed by atoms with E-state index >= 15 is 0 Å². The molecule has 1 aliphatic heterocycles. The quantitative estimate of drug-likeness (QED) is 0.925. The van der Waals surface area contributed by atoms with Crippen LogP contribution in [0.5, 0.6) is 0 Å². The molecule has 0 amide bonds. The molecular formula is C13H22BrN3O. The Morgan fingerprint density at radius 3 is 2.61 bits per heavy atom. The summed E-state index contributed by atoms with van der Waals surface area (Å²) in [7, 11) is 2.02.